The first-order chi connectivity index (χ1) is 6.80. The second kappa shape index (κ2) is 6.52. The Morgan fingerprint density at radius 1 is 0.714 bits per heavy atom. The molecule has 0 N–H and O–H groups in total. The smallest absolute Gasteiger partial charge is 0.198 e. The van der Waals surface area contributed by atoms with E-state index in [0.717, 1.165) is 38.5 Å². The Hall–Kier alpha value is -0.920. The molecular weight excluding hydrogens is 176 g/mol. The maximum Gasteiger partial charge on any atom is 0.198 e. The first-order valence-corrected chi connectivity index (χ1v) is 5.52. The van der Waals surface area contributed by atoms with Gasteiger partial charge in [0.1, 0.15) is 0 Å². The van der Waals surface area contributed by atoms with Crippen LogP contribution in [0, 0.1) is 0 Å². The van der Waals surface area contributed by atoms with Gasteiger partial charge in [0.2, 0.25) is 0 Å². The van der Waals surface area contributed by atoms with Crippen LogP contribution in [-0.4, -0.2) is 11.6 Å². The van der Waals surface area contributed by atoms with Crippen molar-refractivity contribution in [1.82, 2.24) is 0 Å². The Bertz CT molecular complexity index is 204. The van der Waals surface area contributed by atoms with Gasteiger partial charge < -0.3 is 0 Å². The number of ketones is 2. The van der Waals surface area contributed by atoms with Crippen molar-refractivity contribution in [1.29, 1.82) is 0 Å². The molecule has 78 valence electrons. The molecule has 0 fully saturated rings. The normalized spacial score (nSPS) is 23.7. The Morgan fingerprint density at radius 3 is 1.57 bits per heavy atom. The van der Waals surface area contributed by atoms with E-state index < -0.39 is 0 Å². The molecule has 0 aromatic carbocycles. The molecule has 2 heteroatoms. The third-order valence-corrected chi connectivity index (χ3v) is 2.53. The molecular formula is C12H18O2. The van der Waals surface area contributed by atoms with Crippen molar-refractivity contribution < 1.29 is 9.59 Å². The molecule has 0 spiro atoms. The molecule has 0 saturated heterocycles. The minimum absolute atomic E-state index is 0.158. The predicted octanol–water partition coefficient (Wildman–Crippen LogP) is 2.82. The lowest BCUT2D eigenvalue weighted by atomic mass is 10.0. The number of allylic oxidation sites excluding steroid dienone is 2. The molecule has 0 radical (unpaired) electrons. The number of rotatable bonds is 0. The molecule has 0 bridgehead atoms. The fourth-order valence-corrected chi connectivity index (χ4v) is 1.61. The van der Waals surface area contributed by atoms with Gasteiger partial charge in [0.25, 0.3) is 0 Å². The largest absolute Gasteiger partial charge is 0.291 e. The summed E-state index contributed by atoms with van der Waals surface area (Å²) in [5.74, 6) is -0.316. The first-order valence-electron chi connectivity index (χ1n) is 5.52. The standard InChI is InChI=1S/C12H18O2/c13-11-9-7-5-3-1-2-4-6-8-10-12(11)14/h1-2H,3-10H2/b2-1-. The highest BCUT2D eigenvalue weighted by Crippen LogP contribution is 2.08. The Labute approximate surface area is 85.4 Å². The fourth-order valence-electron chi connectivity index (χ4n) is 1.61. The van der Waals surface area contributed by atoms with Gasteiger partial charge in [-0.1, -0.05) is 12.2 Å². The summed E-state index contributed by atoms with van der Waals surface area (Å²) in [6.45, 7) is 0. The van der Waals surface area contributed by atoms with Gasteiger partial charge in [0, 0.05) is 12.8 Å². The zero-order valence-electron chi connectivity index (χ0n) is 8.63. The summed E-state index contributed by atoms with van der Waals surface area (Å²) in [7, 11) is 0. The summed E-state index contributed by atoms with van der Waals surface area (Å²) < 4.78 is 0. The quantitative estimate of drug-likeness (QED) is 0.439. The maximum atomic E-state index is 11.3. The van der Waals surface area contributed by atoms with Crippen LogP contribution in [0.25, 0.3) is 0 Å². The third kappa shape index (κ3) is 4.35. The van der Waals surface area contributed by atoms with Gasteiger partial charge >= 0.3 is 0 Å². The lowest BCUT2D eigenvalue weighted by molar-refractivity contribution is -0.136. The monoisotopic (exact) mass is 194 g/mol. The highest BCUT2D eigenvalue weighted by Gasteiger charge is 2.12. The molecule has 0 aromatic heterocycles. The van der Waals surface area contributed by atoms with Crippen molar-refractivity contribution in [3.05, 3.63) is 12.2 Å². The zero-order valence-corrected chi connectivity index (χ0v) is 8.63. The molecule has 2 nitrogen and oxygen atoms in total. The van der Waals surface area contributed by atoms with E-state index in [1.54, 1.807) is 0 Å². The van der Waals surface area contributed by atoms with Gasteiger partial charge in [-0.15, -0.1) is 0 Å². The summed E-state index contributed by atoms with van der Waals surface area (Å²) in [4.78, 5) is 22.5. The molecule has 1 aliphatic rings. The van der Waals surface area contributed by atoms with Crippen LogP contribution >= 0.6 is 0 Å². The van der Waals surface area contributed by atoms with Gasteiger partial charge in [0.05, 0.1) is 0 Å². The molecule has 14 heavy (non-hydrogen) atoms. The van der Waals surface area contributed by atoms with Gasteiger partial charge in [-0.05, 0) is 38.5 Å². The Morgan fingerprint density at radius 2 is 1.14 bits per heavy atom. The summed E-state index contributed by atoms with van der Waals surface area (Å²) >= 11 is 0. The zero-order chi connectivity index (χ0) is 10.2. The first kappa shape index (κ1) is 11.2. The number of hydrogen-bond acceptors (Lipinski definition) is 2. The number of carbonyl (C=O) groups is 2. The lowest BCUT2D eigenvalue weighted by Gasteiger charge is -2.01. The van der Waals surface area contributed by atoms with Crippen molar-refractivity contribution in [2.24, 2.45) is 0 Å². The average Bonchev–Trinajstić information content (AvgIpc) is 2.18. The SMILES string of the molecule is O=C1CCCC/C=C\CCCCC1=O. The van der Waals surface area contributed by atoms with Gasteiger partial charge in [-0.25, -0.2) is 0 Å². The van der Waals surface area contributed by atoms with Gasteiger partial charge in [-0.3, -0.25) is 9.59 Å². The molecule has 0 heterocycles. The van der Waals surface area contributed by atoms with Crippen molar-refractivity contribution in [3.63, 3.8) is 0 Å². The van der Waals surface area contributed by atoms with Crippen molar-refractivity contribution in [2.75, 3.05) is 0 Å². The van der Waals surface area contributed by atoms with E-state index in [1.165, 1.54) is 0 Å². The Balaban J connectivity index is 2.39. The summed E-state index contributed by atoms with van der Waals surface area (Å²) in [5, 5.41) is 0. The van der Waals surface area contributed by atoms with Gasteiger partial charge in [-0.2, -0.15) is 0 Å². The van der Waals surface area contributed by atoms with Crippen molar-refractivity contribution >= 4 is 11.6 Å². The van der Waals surface area contributed by atoms with Crippen LogP contribution in [0.3, 0.4) is 0 Å². The van der Waals surface area contributed by atoms with Gasteiger partial charge in [0.15, 0.2) is 11.6 Å². The highest BCUT2D eigenvalue weighted by atomic mass is 16.2. The molecule has 0 atom stereocenters. The van der Waals surface area contributed by atoms with Crippen molar-refractivity contribution in [2.45, 2.75) is 51.4 Å². The van der Waals surface area contributed by atoms with Crippen LogP contribution in [0.5, 0.6) is 0 Å². The summed E-state index contributed by atoms with van der Waals surface area (Å²) in [6, 6.07) is 0. The minimum Gasteiger partial charge on any atom is -0.291 e. The topological polar surface area (TPSA) is 34.1 Å². The second-order valence-electron chi connectivity index (χ2n) is 3.81. The lowest BCUT2D eigenvalue weighted by Crippen LogP contribution is -2.13. The number of Topliss-reactive ketones (excluding diaryl/α,β-unsaturated/α-hetero) is 2. The Kier molecular flexibility index (Phi) is 5.20. The molecule has 1 aliphatic carbocycles. The molecule has 0 aromatic rings. The third-order valence-electron chi connectivity index (χ3n) is 2.53. The summed E-state index contributed by atoms with van der Waals surface area (Å²) in [5.41, 5.74) is 0. The fraction of sp³-hybridized carbons (Fsp3) is 0.667. The van der Waals surface area contributed by atoms with Crippen LogP contribution in [0.1, 0.15) is 51.4 Å². The van der Waals surface area contributed by atoms with E-state index in [1.807, 2.05) is 0 Å². The van der Waals surface area contributed by atoms with Crippen LogP contribution in [0.2, 0.25) is 0 Å². The molecule has 0 saturated carbocycles. The summed E-state index contributed by atoms with van der Waals surface area (Å²) in [6.07, 6.45) is 11.1. The molecule has 0 unspecified atom stereocenters. The highest BCUT2D eigenvalue weighted by molar-refractivity contribution is 6.37. The van der Waals surface area contributed by atoms with E-state index in [4.69, 9.17) is 0 Å². The van der Waals surface area contributed by atoms with Crippen molar-refractivity contribution in [3.8, 4) is 0 Å². The maximum absolute atomic E-state index is 11.3. The predicted molar refractivity (Wildman–Crippen MR) is 56.1 cm³/mol. The number of carbonyl (C=O) groups excluding carboxylic acids is 2. The van der Waals surface area contributed by atoms with Crippen LogP contribution in [-0.2, 0) is 9.59 Å². The second-order valence-corrected chi connectivity index (χ2v) is 3.81. The van der Waals surface area contributed by atoms with E-state index in [9.17, 15) is 9.59 Å². The van der Waals surface area contributed by atoms with E-state index >= 15 is 0 Å². The molecule has 0 aliphatic heterocycles. The van der Waals surface area contributed by atoms with Crippen LogP contribution < -0.4 is 0 Å². The molecule has 0 amide bonds. The van der Waals surface area contributed by atoms with Crippen LogP contribution in [0.15, 0.2) is 12.2 Å². The molecule has 1 rings (SSSR count). The number of hydrogen-bond donors (Lipinski definition) is 0. The minimum atomic E-state index is -0.158. The average molecular weight is 194 g/mol. The van der Waals surface area contributed by atoms with E-state index in [2.05, 4.69) is 12.2 Å². The van der Waals surface area contributed by atoms with E-state index in [0.29, 0.717) is 12.8 Å². The van der Waals surface area contributed by atoms with E-state index in [-0.39, 0.29) is 11.6 Å². The van der Waals surface area contributed by atoms with Crippen LogP contribution in [0.4, 0.5) is 0 Å².